The number of nitrogens with one attached hydrogen (secondary N) is 1. The van der Waals surface area contributed by atoms with Gasteiger partial charge in [-0.15, -0.1) is 0 Å². The number of hydrogen-bond donors (Lipinski definition) is 2. The van der Waals surface area contributed by atoms with Crippen LogP contribution in [-0.4, -0.2) is 31.3 Å². The van der Waals surface area contributed by atoms with Crippen LogP contribution in [0.3, 0.4) is 0 Å². The van der Waals surface area contributed by atoms with Crippen molar-refractivity contribution in [2.24, 2.45) is 0 Å². The van der Waals surface area contributed by atoms with Crippen LogP contribution in [0.25, 0.3) is 5.69 Å². The number of carbonyl (C=O) groups is 1. The predicted octanol–water partition coefficient (Wildman–Crippen LogP) is 1.57. The zero-order valence-electron chi connectivity index (χ0n) is 10.8. The number of nitrogens with zero attached hydrogens (tertiary/aromatic N) is 4. The van der Waals surface area contributed by atoms with Crippen molar-refractivity contribution in [3.05, 3.63) is 54.0 Å². The SMILES string of the molecule is O=C(O)c1ccc(CNc2nnnn2-c2ccccc2)o1. The molecule has 0 saturated carbocycles. The zero-order valence-corrected chi connectivity index (χ0v) is 10.8. The van der Waals surface area contributed by atoms with Crippen molar-refractivity contribution in [1.82, 2.24) is 20.2 Å². The summed E-state index contributed by atoms with van der Waals surface area (Å²) in [6, 6.07) is 12.4. The summed E-state index contributed by atoms with van der Waals surface area (Å²) >= 11 is 0. The Labute approximate surface area is 119 Å². The van der Waals surface area contributed by atoms with Crippen molar-refractivity contribution >= 4 is 11.9 Å². The molecule has 8 nitrogen and oxygen atoms in total. The van der Waals surface area contributed by atoms with Crippen LogP contribution in [0.1, 0.15) is 16.3 Å². The van der Waals surface area contributed by atoms with Gasteiger partial charge in [0, 0.05) is 0 Å². The molecule has 0 aliphatic carbocycles. The van der Waals surface area contributed by atoms with Crippen molar-refractivity contribution in [3.8, 4) is 5.69 Å². The predicted molar refractivity (Wildman–Crippen MR) is 72.1 cm³/mol. The maximum absolute atomic E-state index is 10.7. The van der Waals surface area contributed by atoms with Crippen LogP contribution in [0.5, 0.6) is 0 Å². The number of rotatable bonds is 5. The van der Waals surface area contributed by atoms with Gasteiger partial charge in [0.15, 0.2) is 0 Å². The van der Waals surface area contributed by atoms with E-state index in [1.165, 1.54) is 6.07 Å². The number of hydrogen-bond acceptors (Lipinski definition) is 6. The lowest BCUT2D eigenvalue weighted by molar-refractivity contribution is 0.0660. The number of anilines is 1. The van der Waals surface area contributed by atoms with Crippen molar-refractivity contribution in [1.29, 1.82) is 0 Å². The Balaban J connectivity index is 1.74. The Morgan fingerprint density at radius 1 is 1.24 bits per heavy atom. The number of para-hydroxylation sites is 1. The second-order valence-corrected chi connectivity index (χ2v) is 4.17. The third-order valence-corrected chi connectivity index (χ3v) is 2.76. The molecule has 2 N–H and O–H groups in total. The van der Waals surface area contributed by atoms with E-state index in [4.69, 9.17) is 9.52 Å². The van der Waals surface area contributed by atoms with Crippen LogP contribution in [0.15, 0.2) is 46.9 Å². The summed E-state index contributed by atoms with van der Waals surface area (Å²) in [6.07, 6.45) is 0. The van der Waals surface area contributed by atoms with Gasteiger partial charge < -0.3 is 14.8 Å². The van der Waals surface area contributed by atoms with Crippen LogP contribution in [0, 0.1) is 0 Å². The van der Waals surface area contributed by atoms with E-state index >= 15 is 0 Å². The maximum Gasteiger partial charge on any atom is 0.371 e. The molecule has 0 fully saturated rings. The Morgan fingerprint density at radius 2 is 2.05 bits per heavy atom. The zero-order chi connectivity index (χ0) is 14.7. The first-order valence-corrected chi connectivity index (χ1v) is 6.14. The highest BCUT2D eigenvalue weighted by Crippen LogP contribution is 2.13. The summed E-state index contributed by atoms with van der Waals surface area (Å²) in [4.78, 5) is 10.7. The number of aromatic nitrogens is 4. The molecule has 21 heavy (non-hydrogen) atoms. The number of carboxylic acid groups (broad SMARTS) is 1. The Hall–Kier alpha value is -3.16. The minimum Gasteiger partial charge on any atom is -0.475 e. The van der Waals surface area contributed by atoms with Crippen molar-refractivity contribution in [2.75, 3.05) is 5.32 Å². The first kappa shape index (κ1) is 12.9. The van der Waals surface area contributed by atoms with E-state index in [1.807, 2.05) is 30.3 Å². The van der Waals surface area contributed by atoms with Crippen molar-refractivity contribution < 1.29 is 14.3 Å². The van der Waals surface area contributed by atoms with Gasteiger partial charge in [-0.3, -0.25) is 0 Å². The normalized spacial score (nSPS) is 10.5. The number of carboxylic acids is 1. The molecule has 0 amide bonds. The molecule has 0 saturated heterocycles. The smallest absolute Gasteiger partial charge is 0.371 e. The lowest BCUT2D eigenvalue weighted by Gasteiger charge is -2.05. The number of benzene rings is 1. The summed E-state index contributed by atoms with van der Waals surface area (Å²) < 4.78 is 6.69. The lowest BCUT2D eigenvalue weighted by atomic mass is 10.3. The molecule has 0 unspecified atom stereocenters. The van der Waals surface area contributed by atoms with Crippen LogP contribution >= 0.6 is 0 Å². The molecule has 3 aromatic rings. The Morgan fingerprint density at radius 3 is 2.76 bits per heavy atom. The summed E-state index contributed by atoms with van der Waals surface area (Å²) in [7, 11) is 0. The van der Waals surface area contributed by atoms with Gasteiger partial charge in [0.2, 0.25) is 11.7 Å². The molecular weight excluding hydrogens is 274 g/mol. The Bertz CT molecular complexity index is 750. The summed E-state index contributed by atoms with van der Waals surface area (Å²) in [5, 5.41) is 23.2. The van der Waals surface area contributed by atoms with Gasteiger partial charge in [-0.2, -0.15) is 4.68 Å². The monoisotopic (exact) mass is 285 g/mol. The quantitative estimate of drug-likeness (QED) is 0.732. The van der Waals surface area contributed by atoms with Gasteiger partial charge in [-0.05, 0) is 34.7 Å². The van der Waals surface area contributed by atoms with Gasteiger partial charge in [0.05, 0.1) is 12.2 Å². The molecule has 0 radical (unpaired) electrons. The fourth-order valence-corrected chi connectivity index (χ4v) is 1.79. The van der Waals surface area contributed by atoms with E-state index in [0.29, 0.717) is 11.7 Å². The summed E-state index contributed by atoms with van der Waals surface area (Å²) in [5.41, 5.74) is 0.815. The topological polar surface area (TPSA) is 106 Å². The number of tetrazole rings is 1. The second kappa shape index (κ2) is 5.45. The molecule has 2 aromatic heterocycles. The first-order chi connectivity index (χ1) is 10.2. The maximum atomic E-state index is 10.7. The average molecular weight is 285 g/mol. The minimum absolute atomic E-state index is 0.102. The highest BCUT2D eigenvalue weighted by Gasteiger charge is 2.11. The largest absolute Gasteiger partial charge is 0.475 e. The van der Waals surface area contributed by atoms with E-state index < -0.39 is 5.97 Å². The molecule has 0 aliphatic rings. The molecule has 8 heteroatoms. The third kappa shape index (κ3) is 2.73. The standard InChI is InChI=1S/C13H11N5O3/c19-12(20)11-7-6-10(21-11)8-14-13-15-16-17-18(13)9-4-2-1-3-5-9/h1-7H,8H2,(H,19,20)(H,14,15,17). The highest BCUT2D eigenvalue weighted by atomic mass is 16.4. The van der Waals surface area contributed by atoms with Crippen LogP contribution in [0.4, 0.5) is 5.95 Å². The molecule has 0 bridgehead atoms. The molecule has 3 rings (SSSR count). The fourth-order valence-electron chi connectivity index (χ4n) is 1.79. The van der Waals surface area contributed by atoms with Crippen LogP contribution in [0.2, 0.25) is 0 Å². The first-order valence-electron chi connectivity index (χ1n) is 6.14. The van der Waals surface area contributed by atoms with Gasteiger partial charge in [0.25, 0.3) is 0 Å². The third-order valence-electron chi connectivity index (χ3n) is 2.76. The molecule has 0 aliphatic heterocycles. The van der Waals surface area contributed by atoms with Crippen LogP contribution in [-0.2, 0) is 6.54 Å². The summed E-state index contributed by atoms with van der Waals surface area (Å²) in [5.74, 6) is -0.283. The minimum atomic E-state index is -1.10. The molecule has 0 atom stereocenters. The van der Waals surface area contributed by atoms with E-state index in [-0.39, 0.29) is 12.3 Å². The van der Waals surface area contributed by atoms with E-state index in [9.17, 15) is 4.79 Å². The van der Waals surface area contributed by atoms with Gasteiger partial charge in [0.1, 0.15) is 5.76 Å². The van der Waals surface area contributed by atoms with Gasteiger partial charge in [-0.1, -0.05) is 23.3 Å². The molecule has 106 valence electrons. The van der Waals surface area contributed by atoms with E-state index in [0.717, 1.165) is 5.69 Å². The van der Waals surface area contributed by atoms with E-state index in [1.54, 1.807) is 10.7 Å². The average Bonchev–Trinajstić information content (AvgIpc) is 3.15. The lowest BCUT2D eigenvalue weighted by Crippen LogP contribution is -2.07. The van der Waals surface area contributed by atoms with Gasteiger partial charge >= 0.3 is 5.97 Å². The van der Waals surface area contributed by atoms with Crippen molar-refractivity contribution in [3.63, 3.8) is 0 Å². The van der Waals surface area contributed by atoms with Crippen molar-refractivity contribution in [2.45, 2.75) is 6.54 Å². The second-order valence-electron chi connectivity index (χ2n) is 4.17. The fraction of sp³-hybridized carbons (Fsp3) is 0.0769. The Kier molecular flexibility index (Phi) is 3.34. The molecule has 1 aromatic carbocycles. The number of furan rings is 1. The molecule has 0 spiro atoms. The molecular formula is C13H11N5O3. The van der Waals surface area contributed by atoms with Gasteiger partial charge in [-0.25, -0.2) is 4.79 Å². The van der Waals surface area contributed by atoms with E-state index in [2.05, 4.69) is 20.8 Å². The molecule has 2 heterocycles. The highest BCUT2D eigenvalue weighted by molar-refractivity contribution is 5.84. The summed E-state index contributed by atoms with van der Waals surface area (Å²) in [6.45, 7) is 0.278. The number of aromatic carboxylic acids is 1. The van der Waals surface area contributed by atoms with Crippen LogP contribution < -0.4 is 5.32 Å².